The second-order valence-electron chi connectivity index (χ2n) is 6.19. The molecule has 1 fully saturated rings. The number of nitrogens with one attached hydrogen (secondary N) is 1. The molecule has 0 spiro atoms. The van der Waals surface area contributed by atoms with Crippen LogP contribution in [0.5, 0.6) is 0 Å². The number of anilines is 1. The number of hydrogen-bond acceptors (Lipinski definition) is 2. The molecule has 0 aliphatic carbocycles. The van der Waals surface area contributed by atoms with E-state index in [2.05, 4.69) is 21.2 Å². The average molecular weight is 440 g/mol. The fourth-order valence-corrected chi connectivity index (χ4v) is 3.70. The molecule has 2 aromatic rings. The molecule has 136 valence electrons. The van der Waals surface area contributed by atoms with E-state index in [1.54, 1.807) is 23.1 Å². The lowest BCUT2D eigenvalue weighted by atomic mass is 9.95. The van der Waals surface area contributed by atoms with Crippen LogP contribution in [0.4, 0.5) is 10.1 Å². The van der Waals surface area contributed by atoms with Gasteiger partial charge in [-0.05, 0) is 49.2 Å². The van der Waals surface area contributed by atoms with E-state index in [1.165, 1.54) is 18.2 Å². The molecule has 0 atom stereocenters. The summed E-state index contributed by atoms with van der Waals surface area (Å²) in [5.41, 5.74) is 0.896. The van der Waals surface area contributed by atoms with E-state index in [9.17, 15) is 14.0 Å². The van der Waals surface area contributed by atoms with Crippen LogP contribution in [0.3, 0.4) is 0 Å². The molecule has 4 nitrogen and oxygen atoms in total. The standard InChI is InChI=1S/C19H17BrClFN2O2/c20-14-4-5-17(16(21)11-14)23-18(25)12-6-8-24(9-7-12)19(26)13-2-1-3-15(22)10-13/h1-5,10-12H,6-9H2,(H,23,25). The van der Waals surface area contributed by atoms with E-state index >= 15 is 0 Å². The SMILES string of the molecule is O=C(Nc1ccc(Br)cc1Cl)C1CCN(C(=O)c2cccc(F)c2)CC1. The van der Waals surface area contributed by atoms with Crippen molar-refractivity contribution < 1.29 is 14.0 Å². The summed E-state index contributed by atoms with van der Waals surface area (Å²) in [6.45, 7) is 0.920. The molecule has 0 unspecified atom stereocenters. The van der Waals surface area contributed by atoms with Gasteiger partial charge in [0, 0.05) is 29.0 Å². The molecule has 0 aromatic heterocycles. The summed E-state index contributed by atoms with van der Waals surface area (Å²) in [5.74, 6) is -0.936. The van der Waals surface area contributed by atoms with Crippen molar-refractivity contribution in [3.8, 4) is 0 Å². The quantitative estimate of drug-likeness (QED) is 0.751. The second-order valence-corrected chi connectivity index (χ2v) is 7.51. The van der Waals surface area contributed by atoms with Crippen LogP contribution in [-0.4, -0.2) is 29.8 Å². The number of hydrogen-bond donors (Lipinski definition) is 1. The lowest BCUT2D eigenvalue weighted by molar-refractivity contribution is -0.121. The van der Waals surface area contributed by atoms with Crippen LogP contribution in [0.1, 0.15) is 23.2 Å². The Bertz CT molecular complexity index is 838. The maximum atomic E-state index is 13.3. The summed E-state index contributed by atoms with van der Waals surface area (Å²) in [7, 11) is 0. The van der Waals surface area contributed by atoms with Crippen LogP contribution in [0.25, 0.3) is 0 Å². The number of likely N-dealkylation sites (tertiary alicyclic amines) is 1. The molecular weight excluding hydrogens is 423 g/mol. The fourth-order valence-electron chi connectivity index (χ4n) is 2.97. The number of carbonyl (C=O) groups is 2. The number of carbonyl (C=O) groups excluding carboxylic acids is 2. The van der Waals surface area contributed by atoms with Gasteiger partial charge in [0.15, 0.2) is 0 Å². The first kappa shape index (κ1) is 18.9. The summed E-state index contributed by atoms with van der Waals surface area (Å²) in [6, 6.07) is 10.9. The van der Waals surface area contributed by atoms with Crippen LogP contribution in [0.15, 0.2) is 46.9 Å². The molecular formula is C19H17BrClFN2O2. The van der Waals surface area contributed by atoms with Crippen molar-refractivity contribution in [3.63, 3.8) is 0 Å². The van der Waals surface area contributed by atoms with Crippen LogP contribution in [-0.2, 0) is 4.79 Å². The highest BCUT2D eigenvalue weighted by atomic mass is 79.9. The van der Waals surface area contributed by atoms with Crippen molar-refractivity contribution in [2.24, 2.45) is 5.92 Å². The van der Waals surface area contributed by atoms with E-state index < -0.39 is 5.82 Å². The molecule has 2 aromatic carbocycles. The minimum atomic E-state index is -0.434. The van der Waals surface area contributed by atoms with Gasteiger partial charge in [-0.2, -0.15) is 0 Å². The monoisotopic (exact) mass is 438 g/mol. The Kier molecular flexibility index (Phi) is 5.94. The van der Waals surface area contributed by atoms with Crippen LogP contribution < -0.4 is 5.32 Å². The van der Waals surface area contributed by atoms with Gasteiger partial charge >= 0.3 is 0 Å². The van der Waals surface area contributed by atoms with Gasteiger partial charge in [0.05, 0.1) is 10.7 Å². The second kappa shape index (κ2) is 8.18. The van der Waals surface area contributed by atoms with Crippen molar-refractivity contribution in [2.45, 2.75) is 12.8 Å². The van der Waals surface area contributed by atoms with Crippen molar-refractivity contribution in [3.05, 3.63) is 63.3 Å². The normalized spacial score (nSPS) is 15.0. The molecule has 1 aliphatic heterocycles. The molecule has 0 bridgehead atoms. The molecule has 7 heteroatoms. The number of piperidine rings is 1. The topological polar surface area (TPSA) is 49.4 Å². The zero-order valence-electron chi connectivity index (χ0n) is 13.8. The Morgan fingerprint density at radius 1 is 1.15 bits per heavy atom. The molecule has 26 heavy (non-hydrogen) atoms. The third kappa shape index (κ3) is 4.43. The number of halogens is 3. The van der Waals surface area contributed by atoms with E-state index in [0.29, 0.717) is 42.2 Å². The highest BCUT2D eigenvalue weighted by Crippen LogP contribution is 2.27. The van der Waals surface area contributed by atoms with Crippen molar-refractivity contribution in [1.29, 1.82) is 0 Å². The Hall–Kier alpha value is -1.92. The molecule has 2 amide bonds. The number of benzene rings is 2. The first-order chi connectivity index (χ1) is 12.4. The number of nitrogens with zero attached hydrogens (tertiary/aromatic N) is 1. The number of rotatable bonds is 3. The third-order valence-corrected chi connectivity index (χ3v) is 5.22. The molecule has 1 heterocycles. The van der Waals surface area contributed by atoms with Gasteiger partial charge in [-0.25, -0.2) is 4.39 Å². The summed E-state index contributed by atoms with van der Waals surface area (Å²) in [6.07, 6.45) is 1.11. The first-order valence-electron chi connectivity index (χ1n) is 8.25. The van der Waals surface area contributed by atoms with Crippen molar-refractivity contribution in [1.82, 2.24) is 4.90 Å². The Morgan fingerprint density at radius 2 is 1.88 bits per heavy atom. The molecule has 1 N–H and O–H groups in total. The fraction of sp³-hybridized carbons (Fsp3) is 0.263. The maximum Gasteiger partial charge on any atom is 0.253 e. The van der Waals surface area contributed by atoms with Gasteiger partial charge in [0.2, 0.25) is 5.91 Å². The summed E-state index contributed by atoms with van der Waals surface area (Å²) in [5, 5.41) is 3.31. The van der Waals surface area contributed by atoms with E-state index in [0.717, 1.165) is 4.47 Å². The summed E-state index contributed by atoms with van der Waals surface area (Å²) < 4.78 is 14.1. The van der Waals surface area contributed by atoms with Gasteiger partial charge in [-0.15, -0.1) is 0 Å². The lowest BCUT2D eigenvalue weighted by Crippen LogP contribution is -2.41. The van der Waals surface area contributed by atoms with Crippen LogP contribution in [0.2, 0.25) is 5.02 Å². The molecule has 0 saturated carbocycles. The number of amides is 2. The minimum Gasteiger partial charge on any atom is -0.339 e. The predicted octanol–water partition coefficient (Wildman–Crippen LogP) is 4.73. The highest BCUT2D eigenvalue weighted by Gasteiger charge is 2.28. The smallest absolute Gasteiger partial charge is 0.253 e. The predicted molar refractivity (Wildman–Crippen MR) is 103 cm³/mol. The van der Waals surface area contributed by atoms with E-state index in [-0.39, 0.29) is 17.7 Å². The Balaban J connectivity index is 1.57. The molecule has 1 aliphatic rings. The molecule has 1 saturated heterocycles. The van der Waals surface area contributed by atoms with Crippen LogP contribution >= 0.6 is 27.5 Å². The van der Waals surface area contributed by atoms with Gasteiger partial charge in [0.1, 0.15) is 5.82 Å². The zero-order chi connectivity index (χ0) is 18.7. The highest BCUT2D eigenvalue weighted by molar-refractivity contribution is 9.10. The van der Waals surface area contributed by atoms with E-state index in [1.807, 2.05) is 6.07 Å². The van der Waals surface area contributed by atoms with Crippen LogP contribution in [0, 0.1) is 11.7 Å². The van der Waals surface area contributed by atoms with Gasteiger partial charge in [-0.1, -0.05) is 33.6 Å². The lowest BCUT2D eigenvalue weighted by Gasteiger charge is -2.31. The average Bonchev–Trinajstić information content (AvgIpc) is 2.63. The van der Waals surface area contributed by atoms with Crippen molar-refractivity contribution >= 4 is 45.0 Å². The maximum absolute atomic E-state index is 13.3. The largest absolute Gasteiger partial charge is 0.339 e. The van der Waals surface area contributed by atoms with Gasteiger partial charge in [0.25, 0.3) is 5.91 Å². The van der Waals surface area contributed by atoms with Gasteiger partial charge < -0.3 is 10.2 Å². The zero-order valence-corrected chi connectivity index (χ0v) is 16.2. The van der Waals surface area contributed by atoms with Gasteiger partial charge in [-0.3, -0.25) is 9.59 Å². The van der Waals surface area contributed by atoms with Crippen molar-refractivity contribution in [2.75, 3.05) is 18.4 Å². The third-order valence-electron chi connectivity index (χ3n) is 4.41. The molecule has 0 radical (unpaired) electrons. The minimum absolute atomic E-state index is 0.105. The Morgan fingerprint density at radius 3 is 2.54 bits per heavy atom. The van der Waals surface area contributed by atoms with E-state index in [4.69, 9.17) is 11.6 Å². The Labute approximate surface area is 164 Å². The molecule has 3 rings (SSSR count). The first-order valence-corrected chi connectivity index (χ1v) is 9.42. The summed E-state index contributed by atoms with van der Waals surface area (Å²) >= 11 is 9.45. The summed E-state index contributed by atoms with van der Waals surface area (Å²) in [4.78, 5) is 26.6.